The van der Waals surface area contributed by atoms with E-state index < -0.39 is 10.0 Å². The molecule has 2 N–H and O–H groups in total. The topological polar surface area (TPSA) is 84.5 Å². The molecule has 7 heteroatoms. The second-order valence-electron chi connectivity index (χ2n) is 7.12. The van der Waals surface area contributed by atoms with Crippen LogP contribution in [0.2, 0.25) is 0 Å². The van der Waals surface area contributed by atoms with Gasteiger partial charge in [-0.3, -0.25) is 4.79 Å². The van der Waals surface area contributed by atoms with Gasteiger partial charge in [-0.05, 0) is 47.4 Å². The zero-order valence-corrected chi connectivity index (χ0v) is 16.9. The third kappa shape index (κ3) is 5.80. The molecular weight excluding hydrogens is 364 g/mol. The number of ether oxygens (including phenoxy) is 1. The van der Waals surface area contributed by atoms with Crippen molar-refractivity contribution in [3.63, 3.8) is 0 Å². The molecule has 0 aliphatic rings. The Kier molecular flexibility index (Phi) is 6.62. The van der Waals surface area contributed by atoms with E-state index in [1.54, 1.807) is 0 Å². The molecule has 0 fully saturated rings. The Morgan fingerprint density at radius 3 is 2.11 bits per heavy atom. The Morgan fingerprint density at radius 2 is 1.59 bits per heavy atom. The van der Waals surface area contributed by atoms with E-state index in [1.165, 1.54) is 36.9 Å². The molecule has 0 aromatic heterocycles. The predicted octanol–water partition coefficient (Wildman–Crippen LogP) is 2.70. The summed E-state index contributed by atoms with van der Waals surface area (Å²) in [7, 11) is -2.13. The second-order valence-corrected chi connectivity index (χ2v) is 8.89. The maximum atomic E-state index is 12.3. The molecule has 27 heavy (non-hydrogen) atoms. The number of amides is 1. The molecule has 1 amide bonds. The summed E-state index contributed by atoms with van der Waals surface area (Å²) in [6, 6.07) is 13.5. The SMILES string of the molecule is CNC(=O)c1ccc(S(=O)(=O)NCCOc2ccc(C(C)(C)C)cc2)cc1. The van der Waals surface area contributed by atoms with Crippen LogP contribution in [-0.2, 0) is 15.4 Å². The third-order valence-corrected chi connectivity index (χ3v) is 5.51. The summed E-state index contributed by atoms with van der Waals surface area (Å²) in [5.74, 6) is 0.426. The van der Waals surface area contributed by atoms with Crippen molar-refractivity contribution >= 4 is 15.9 Å². The minimum Gasteiger partial charge on any atom is -0.492 e. The minimum atomic E-state index is -3.65. The number of nitrogens with one attached hydrogen (secondary N) is 2. The van der Waals surface area contributed by atoms with Gasteiger partial charge >= 0.3 is 0 Å². The zero-order valence-electron chi connectivity index (χ0n) is 16.1. The van der Waals surface area contributed by atoms with Crippen molar-refractivity contribution in [2.24, 2.45) is 0 Å². The van der Waals surface area contributed by atoms with Crippen LogP contribution in [0.3, 0.4) is 0 Å². The van der Waals surface area contributed by atoms with E-state index >= 15 is 0 Å². The maximum absolute atomic E-state index is 12.3. The summed E-state index contributed by atoms with van der Waals surface area (Å²) >= 11 is 0. The maximum Gasteiger partial charge on any atom is 0.251 e. The number of hydrogen-bond acceptors (Lipinski definition) is 4. The van der Waals surface area contributed by atoms with Crippen LogP contribution in [0.1, 0.15) is 36.7 Å². The van der Waals surface area contributed by atoms with Crippen molar-refractivity contribution in [2.75, 3.05) is 20.2 Å². The van der Waals surface area contributed by atoms with Gasteiger partial charge in [0.25, 0.3) is 5.91 Å². The van der Waals surface area contributed by atoms with Crippen molar-refractivity contribution in [2.45, 2.75) is 31.1 Å². The monoisotopic (exact) mass is 390 g/mol. The second kappa shape index (κ2) is 8.54. The van der Waals surface area contributed by atoms with E-state index in [9.17, 15) is 13.2 Å². The van der Waals surface area contributed by atoms with E-state index in [1.807, 2.05) is 24.3 Å². The van der Waals surface area contributed by atoms with Crippen molar-refractivity contribution in [3.05, 3.63) is 59.7 Å². The Hall–Kier alpha value is -2.38. The lowest BCUT2D eigenvalue weighted by Crippen LogP contribution is -2.28. The lowest BCUT2D eigenvalue weighted by molar-refractivity contribution is 0.0963. The first-order valence-electron chi connectivity index (χ1n) is 8.68. The molecule has 0 aliphatic heterocycles. The summed E-state index contributed by atoms with van der Waals surface area (Å²) in [6.07, 6.45) is 0. The first-order valence-corrected chi connectivity index (χ1v) is 10.2. The molecular formula is C20H26N2O4S. The molecule has 2 rings (SSSR count). The lowest BCUT2D eigenvalue weighted by atomic mass is 9.87. The number of benzene rings is 2. The highest BCUT2D eigenvalue weighted by Gasteiger charge is 2.15. The normalized spacial score (nSPS) is 11.9. The molecule has 0 radical (unpaired) electrons. The summed E-state index contributed by atoms with van der Waals surface area (Å²) in [5, 5.41) is 2.49. The Labute approximate surface area is 161 Å². The predicted molar refractivity (Wildman–Crippen MR) is 106 cm³/mol. The van der Waals surface area contributed by atoms with Gasteiger partial charge in [-0.1, -0.05) is 32.9 Å². The van der Waals surface area contributed by atoms with Crippen molar-refractivity contribution in [1.29, 1.82) is 0 Å². The molecule has 0 heterocycles. The smallest absolute Gasteiger partial charge is 0.251 e. The van der Waals surface area contributed by atoms with E-state index in [0.29, 0.717) is 11.3 Å². The standard InChI is InChI=1S/C20H26N2O4S/c1-20(2,3)16-7-9-17(10-8-16)26-14-13-22-27(24,25)18-11-5-15(6-12-18)19(23)21-4/h5-12,22H,13-14H2,1-4H3,(H,21,23). The molecule has 0 bridgehead atoms. The largest absolute Gasteiger partial charge is 0.492 e. The number of rotatable bonds is 7. The Morgan fingerprint density at radius 1 is 1.00 bits per heavy atom. The van der Waals surface area contributed by atoms with E-state index in [0.717, 1.165) is 0 Å². The molecule has 6 nitrogen and oxygen atoms in total. The third-order valence-electron chi connectivity index (χ3n) is 4.04. The van der Waals surface area contributed by atoms with Crippen LogP contribution >= 0.6 is 0 Å². The van der Waals surface area contributed by atoms with Gasteiger partial charge in [0.15, 0.2) is 0 Å². The van der Waals surface area contributed by atoms with Gasteiger partial charge in [-0.15, -0.1) is 0 Å². The van der Waals surface area contributed by atoms with Crippen LogP contribution in [0.5, 0.6) is 5.75 Å². The molecule has 0 aliphatic carbocycles. The number of hydrogen-bond donors (Lipinski definition) is 2. The Bertz CT molecular complexity index is 868. The fourth-order valence-corrected chi connectivity index (χ4v) is 3.42. The van der Waals surface area contributed by atoms with Gasteiger partial charge in [0.05, 0.1) is 4.90 Å². The lowest BCUT2D eigenvalue weighted by Gasteiger charge is -2.19. The highest BCUT2D eigenvalue weighted by molar-refractivity contribution is 7.89. The fourth-order valence-electron chi connectivity index (χ4n) is 2.41. The van der Waals surface area contributed by atoms with Crippen molar-refractivity contribution < 1.29 is 17.9 Å². The fraction of sp³-hybridized carbons (Fsp3) is 0.350. The molecule has 0 atom stereocenters. The number of carbonyl (C=O) groups excluding carboxylic acids is 1. The highest BCUT2D eigenvalue weighted by atomic mass is 32.2. The summed E-state index contributed by atoms with van der Waals surface area (Å²) in [4.78, 5) is 11.6. The first kappa shape index (κ1) is 20.9. The highest BCUT2D eigenvalue weighted by Crippen LogP contribution is 2.24. The Balaban J connectivity index is 1.87. The molecule has 2 aromatic carbocycles. The van der Waals surface area contributed by atoms with Crippen LogP contribution in [0.15, 0.2) is 53.4 Å². The molecule has 0 saturated carbocycles. The first-order chi connectivity index (χ1) is 12.6. The molecule has 0 saturated heterocycles. The number of sulfonamides is 1. The molecule has 0 unspecified atom stereocenters. The van der Waals surface area contributed by atoms with E-state index in [-0.39, 0.29) is 29.4 Å². The van der Waals surface area contributed by atoms with Crippen molar-refractivity contribution in [3.8, 4) is 5.75 Å². The number of carbonyl (C=O) groups is 1. The van der Waals surface area contributed by atoms with Gasteiger partial charge in [-0.2, -0.15) is 0 Å². The average Bonchev–Trinajstić information content (AvgIpc) is 2.64. The van der Waals surface area contributed by atoms with Crippen LogP contribution in [0, 0.1) is 0 Å². The molecule has 2 aromatic rings. The average molecular weight is 391 g/mol. The van der Waals surface area contributed by atoms with Crippen LogP contribution < -0.4 is 14.8 Å². The van der Waals surface area contributed by atoms with Crippen LogP contribution in [-0.4, -0.2) is 34.5 Å². The van der Waals surface area contributed by atoms with Crippen molar-refractivity contribution in [1.82, 2.24) is 10.0 Å². The van der Waals surface area contributed by atoms with Crippen LogP contribution in [0.25, 0.3) is 0 Å². The van der Waals surface area contributed by atoms with Gasteiger partial charge in [0.1, 0.15) is 12.4 Å². The molecule has 0 spiro atoms. The summed E-state index contributed by atoms with van der Waals surface area (Å²) in [5.41, 5.74) is 1.68. The van der Waals surface area contributed by atoms with Crippen LogP contribution in [0.4, 0.5) is 0 Å². The van der Waals surface area contributed by atoms with Gasteiger partial charge in [0, 0.05) is 19.2 Å². The molecule has 146 valence electrons. The van der Waals surface area contributed by atoms with Gasteiger partial charge in [0.2, 0.25) is 10.0 Å². The minimum absolute atomic E-state index is 0.0709. The summed E-state index contributed by atoms with van der Waals surface area (Å²) < 4.78 is 32.6. The zero-order chi connectivity index (χ0) is 20.1. The van der Waals surface area contributed by atoms with E-state index in [4.69, 9.17) is 4.74 Å². The quantitative estimate of drug-likeness (QED) is 0.712. The van der Waals surface area contributed by atoms with Gasteiger partial charge in [-0.25, -0.2) is 13.1 Å². The van der Waals surface area contributed by atoms with Gasteiger partial charge < -0.3 is 10.1 Å². The van der Waals surface area contributed by atoms with E-state index in [2.05, 4.69) is 30.8 Å². The summed E-state index contributed by atoms with van der Waals surface area (Å²) in [6.45, 7) is 6.77.